The van der Waals surface area contributed by atoms with Crippen molar-refractivity contribution in [2.24, 2.45) is 10.8 Å². The summed E-state index contributed by atoms with van der Waals surface area (Å²) in [4.78, 5) is 12.8. The topological polar surface area (TPSA) is 61.1 Å². The SMILES string of the molecule is Cc1cccc(C)c1C(c1cccc2ccccc12)C(C#N)(C(=O)O)C(C)(C)C. The van der Waals surface area contributed by atoms with Gasteiger partial charge in [0.05, 0.1) is 6.07 Å². The lowest BCUT2D eigenvalue weighted by Gasteiger charge is -2.43. The molecule has 3 heteroatoms. The van der Waals surface area contributed by atoms with Crippen LogP contribution in [0.4, 0.5) is 0 Å². The fourth-order valence-electron chi connectivity index (χ4n) is 4.55. The van der Waals surface area contributed by atoms with Crippen molar-refractivity contribution in [3.63, 3.8) is 0 Å². The van der Waals surface area contributed by atoms with E-state index >= 15 is 0 Å². The van der Waals surface area contributed by atoms with Gasteiger partial charge in [-0.1, -0.05) is 81.4 Å². The maximum atomic E-state index is 12.8. The van der Waals surface area contributed by atoms with Gasteiger partial charge in [-0.2, -0.15) is 5.26 Å². The lowest BCUT2D eigenvalue weighted by molar-refractivity contribution is -0.152. The van der Waals surface area contributed by atoms with E-state index in [2.05, 4.69) is 6.07 Å². The monoisotopic (exact) mass is 385 g/mol. The molecule has 0 aliphatic carbocycles. The number of nitriles is 1. The molecular weight excluding hydrogens is 358 g/mol. The van der Waals surface area contributed by atoms with Gasteiger partial charge in [-0.25, -0.2) is 0 Å². The van der Waals surface area contributed by atoms with Crippen LogP contribution in [-0.2, 0) is 4.79 Å². The minimum Gasteiger partial charge on any atom is -0.480 e. The molecule has 0 spiro atoms. The summed E-state index contributed by atoms with van der Waals surface area (Å²) in [7, 11) is 0. The van der Waals surface area contributed by atoms with Gasteiger partial charge in [-0.05, 0) is 52.3 Å². The van der Waals surface area contributed by atoms with E-state index in [-0.39, 0.29) is 0 Å². The van der Waals surface area contributed by atoms with E-state index in [9.17, 15) is 15.2 Å². The predicted molar refractivity (Wildman–Crippen MR) is 117 cm³/mol. The molecule has 0 saturated carbocycles. The Morgan fingerprint density at radius 3 is 2.03 bits per heavy atom. The highest BCUT2D eigenvalue weighted by Crippen LogP contribution is 2.54. The molecule has 3 nitrogen and oxygen atoms in total. The van der Waals surface area contributed by atoms with Crippen LogP contribution < -0.4 is 0 Å². The molecule has 148 valence electrons. The Hall–Kier alpha value is -3.12. The second-order valence-corrected chi connectivity index (χ2v) is 8.78. The summed E-state index contributed by atoms with van der Waals surface area (Å²) in [5, 5.41) is 22.9. The Bertz CT molecular complexity index is 1090. The molecule has 0 heterocycles. The van der Waals surface area contributed by atoms with Crippen LogP contribution in [0.15, 0.2) is 60.7 Å². The number of aliphatic carboxylic acids is 1. The van der Waals surface area contributed by atoms with Crippen molar-refractivity contribution < 1.29 is 9.90 Å². The maximum absolute atomic E-state index is 12.8. The molecule has 0 bridgehead atoms. The van der Waals surface area contributed by atoms with Crippen molar-refractivity contribution in [3.8, 4) is 6.07 Å². The molecule has 0 saturated heterocycles. The summed E-state index contributed by atoms with van der Waals surface area (Å²) in [6.45, 7) is 9.52. The number of fused-ring (bicyclic) bond motifs is 1. The van der Waals surface area contributed by atoms with Crippen LogP contribution in [0.3, 0.4) is 0 Å². The molecule has 0 amide bonds. The third-order valence-corrected chi connectivity index (χ3v) is 6.09. The zero-order valence-corrected chi connectivity index (χ0v) is 17.7. The van der Waals surface area contributed by atoms with E-state index in [0.717, 1.165) is 33.0 Å². The molecule has 0 aliphatic heterocycles. The summed E-state index contributed by atoms with van der Waals surface area (Å²) in [6.07, 6.45) is 0. The Morgan fingerprint density at radius 2 is 1.48 bits per heavy atom. The van der Waals surface area contributed by atoms with Gasteiger partial charge >= 0.3 is 5.97 Å². The van der Waals surface area contributed by atoms with Gasteiger partial charge in [-0.3, -0.25) is 4.79 Å². The quantitative estimate of drug-likeness (QED) is 0.579. The predicted octanol–water partition coefficient (Wildman–Crippen LogP) is 6.23. The maximum Gasteiger partial charge on any atom is 0.325 e. The summed E-state index contributed by atoms with van der Waals surface area (Å²) < 4.78 is 0. The smallest absolute Gasteiger partial charge is 0.325 e. The minimum absolute atomic E-state index is 0.614. The number of carboxylic acids is 1. The molecule has 2 unspecified atom stereocenters. The third-order valence-electron chi connectivity index (χ3n) is 6.09. The van der Waals surface area contributed by atoms with E-state index in [1.54, 1.807) is 0 Å². The van der Waals surface area contributed by atoms with E-state index in [0.29, 0.717) is 0 Å². The van der Waals surface area contributed by atoms with Gasteiger partial charge in [0.1, 0.15) is 0 Å². The number of aryl methyl sites for hydroxylation is 2. The first-order valence-electron chi connectivity index (χ1n) is 9.83. The largest absolute Gasteiger partial charge is 0.480 e. The van der Waals surface area contributed by atoms with Crippen molar-refractivity contribution >= 4 is 16.7 Å². The number of benzene rings is 3. The van der Waals surface area contributed by atoms with Crippen LogP contribution in [0, 0.1) is 36.0 Å². The number of carbonyl (C=O) groups is 1. The Labute approximate surface area is 172 Å². The number of hydrogen-bond acceptors (Lipinski definition) is 2. The van der Waals surface area contributed by atoms with E-state index < -0.39 is 22.7 Å². The number of nitrogens with zero attached hydrogens (tertiary/aromatic N) is 1. The molecule has 0 aromatic heterocycles. The molecule has 0 radical (unpaired) electrons. The van der Waals surface area contributed by atoms with E-state index in [1.165, 1.54) is 0 Å². The van der Waals surface area contributed by atoms with Gasteiger partial charge in [-0.15, -0.1) is 0 Å². The molecule has 29 heavy (non-hydrogen) atoms. The zero-order chi connectivity index (χ0) is 21.4. The summed E-state index contributed by atoms with van der Waals surface area (Å²) in [6, 6.07) is 22.1. The van der Waals surface area contributed by atoms with Gasteiger partial charge in [0.2, 0.25) is 0 Å². The normalized spacial score (nSPS) is 14.8. The third kappa shape index (κ3) is 3.19. The van der Waals surface area contributed by atoms with Crippen molar-refractivity contribution in [2.45, 2.75) is 40.5 Å². The Kier molecular flexibility index (Phi) is 5.24. The van der Waals surface area contributed by atoms with Crippen LogP contribution in [0.5, 0.6) is 0 Å². The van der Waals surface area contributed by atoms with Crippen LogP contribution in [0.1, 0.15) is 48.9 Å². The first-order chi connectivity index (χ1) is 13.6. The molecule has 3 aromatic carbocycles. The number of hydrogen-bond donors (Lipinski definition) is 1. The highest BCUT2D eigenvalue weighted by molar-refractivity contribution is 5.89. The zero-order valence-electron chi connectivity index (χ0n) is 17.7. The van der Waals surface area contributed by atoms with Crippen LogP contribution in [-0.4, -0.2) is 11.1 Å². The van der Waals surface area contributed by atoms with Crippen molar-refractivity contribution in [1.29, 1.82) is 5.26 Å². The molecule has 1 N–H and O–H groups in total. The van der Waals surface area contributed by atoms with Crippen LogP contribution in [0.25, 0.3) is 10.8 Å². The summed E-state index contributed by atoms with van der Waals surface area (Å²) >= 11 is 0. The second kappa shape index (κ2) is 7.37. The average molecular weight is 386 g/mol. The van der Waals surface area contributed by atoms with Gasteiger partial charge in [0.25, 0.3) is 0 Å². The average Bonchev–Trinajstić information content (AvgIpc) is 2.65. The summed E-state index contributed by atoms with van der Waals surface area (Å²) in [5.74, 6) is -1.70. The first kappa shape index (κ1) is 20.6. The summed E-state index contributed by atoms with van der Waals surface area (Å²) in [5.41, 5.74) is 1.33. The molecular formula is C26H27NO2. The lowest BCUT2D eigenvalue weighted by atomic mass is 9.56. The first-order valence-corrected chi connectivity index (χ1v) is 9.83. The number of rotatable bonds is 4. The van der Waals surface area contributed by atoms with Gasteiger partial charge < -0.3 is 5.11 Å². The van der Waals surface area contributed by atoms with E-state index in [1.807, 2.05) is 95.3 Å². The number of carboxylic acid groups (broad SMARTS) is 1. The standard InChI is InChI=1S/C26H27NO2/c1-17-10-8-11-18(2)22(17)23(26(16-27,24(28)29)25(3,4)5)21-15-9-13-19-12-6-7-14-20(19)21/h6-15,23H,1-5H3,(H,28,29). The fraction of sp³-hybridized carbons (Fsp3) is 0.308. The molecule has 3 aromatic rings. The van der Waals surface area contributed by atoms with Crippen molar-refractivity contribution in [3.05, 3.63) is 82.9 Å². The molecule has 2 atom stereocenters. The molecule has 0 aliphatic rings. The van der Waals surface area contributed by atoms with E-state index in [4.69, 9.17) is 0 Å². The van der Waals surface area contributed by atoms with Gasteiger partial charge in [0, 0.05) is 5.92 Å². The highest BCUT2D eigenvalue weighted by atomic mass is 16.4. The second-order valence-electron chi connectivity index (χ2n) is 8.78. The fourth-order valence-corrected chi connectivity index (χ4v) is 4.55. The Balaban J connectivity index is 2.53. The van der Waals surface area contributed by atoms with Crippen LogP contribution in [0.2, 0.25) is 0 Å². The van der Waals surface area contributed by atoms with Crippen molar-refractivity contribution in [2.75, 3.05) is 0 Å². The van der Waals surface area contributed by atoms with Gasteiger partial charge in [0.15, 0.2) is 5.41 Å². The molecule has 3 rings (SSSR count). The molecule has 0 fully saturated rings. The van der Waals surface area contributed by atoms with Crippen molar-refractivity contribution in [1.82, 2.24) is 0 Å². The lowest BCUT2D eigenvalue weighted by Crippen LogP contribution is -2.47. The van der Waals surface area contributed by atoms with Crippen LogP contribution >= 0.6 is 0 Å². The highest BCUT2D eigenvalue weighted by Gasteiger charge is 2.57. The minimum atomic E-state index is -1.64. The Morgan fingerprint density at radius 1 is 0.931 bits per heavy atom.